The van der Waals surface area contributed by atoms with Crippen LogP contribution in [0.5, 0.6) is 11.5 Å². The molecule has 0 aromatic heterocycles. The Morgan fingerprint density at radius 2 is 1.63 bits per heavy atom. The maximum absolute atomic E-state index is 12.7. The molecule has 8 nitrogen and oxygen atoms in total. The maximum atomic E-state index is 12.7. The number of sulfonamides is 2. The van der Waals surface area contributed by atoms with E-state index < -0.39 is 20.0 Å². The van der Waals surface area contributed by atoms with Crippen molar-refractivity contribution in [2.24, 2.45) is 0 Å². The second-order valence-electron chi connectivity index (χ2n) is 5.64. The van der Waals surface area contributed by atoms with Crippen LogP contribution < -0.4 is 14.2 Å². The van der Waals surface area contributed by atoms with Crippen molar-refractivity contribution in [3.63, 3.8) is 0 Å². The fraction of sp³-hybridized carbons (Fsp3) is 0.294. The second-order valence-corrected chi connectivity index (χ2v) is 9.41. The van der Waals surface area contributed by atoms with Crippen LogP contribution in [0.2, 0.25) is 0 Å². The fourth-order valence-electron chi connectivity index (χ4n) is 2.30. The summed E-state index contributed by atoms with van der Waals surface area (Å²) in [5.41, 5.74) is 0.0878. The predicted molar refractivity (Wildman–Crippen MR) is 102 cm³/mol. The van der Waals surface area contributed by atoms with Crippen molar-refractivity contribution in [2.75, 3.05) is 32.5 Å². The third-order valence-corrected chi connectivity index (χ3v) is 6.87. The van der Waals surface area contributed by atoms with Crippen molar-refractivity contribution in [3.8, 4) is 11.5 Å². The summed E-state index contributed by atoms with van der Waals surface area (Å²) < 4.78 is 64.4. The normalized spacial score (nSPS) is 12.0. The Kier molecular flexibility index (Phi) is 6.34. The van der Waals surface area contributed by atoms with Crippen molar-refractivity contribution in [3.05, 3.63) is 42.5 Å². The molecule has 2 rings (SSSR count). The molecule has 0 atom stereocenters. The largest absolute Gasteiger partial charge is 0.495 e. The minimum absolute atomic E-state index is 0.0570. The summed E-state index contributed by atoms with van der Waals surface area (Å²) in [6.45, 7) is 1.99. The lowest BCUT2D eigenvalue weighted by Gasteiger charge is -2.17. The van der Waals surface area contributed by atoms with Gasteiger partial charge in [0.2, 0.25) is 10.0 Å². The summed E-state index contributed by atoms with van der Waals surface area (Å²) in [6, 6.07) is 10.2. The Hall–Kier alpha value is -2.30. The molecule has 10 heteroatoms. The van der Waals surface area contributed by atoms with E-state index in [0.717, 1.165) is 4.31 Å². The minimum Gasteiger partial charge on any atom is -0.495 e. The zero-order chi connectivity index (χ0) is 20.2. The highest BCUT2D eigenvalue weighted by molar-refractivity contribution is 7.92. The van der Waals surface area contributed by atoms with Crippen LogP contribution in [-0.2, 0) is 20.0 Å². The molecule has 0 fully saturated rings. The smallest absolute Gasteiger partial charge is 0.265 e. The molecule has 0 amide bonds. The van der Waals surface area contributed by atoms with Crippen LogP contribution >= 0.6 is 0 Å². The van der Waals surface area contributed by atoms with Gasteiger partial charge in [0.25, 0.3) is 10.0 Å². The Balaban J connectivity index is 2.51. The molecular weight excluding hydrogens is 392 g/mol. The molecule has 0 spiro atoms. The third-order valence-electron chi connectivity index (χ3n) is 3.61. The highest BCUT2D eigenvalue weighted by Crippen LogP contribution is 2.31. The van der Waals surface area contributed by atoms with Gasteiger partial charge in [0.05, 0.1) is 19.4 Å². The Labute approximate surface area is 159 Å². The molecule has 2 aromatic carbocycles. The van der Waals surface area contributed by atoms with Crippen LogP contribution in [0.25, 0.3) is 0 Å². The molecular formula is C17H22N2O6S2. The van der Waals surface area contributed by atoms with Crippen LogP contribution in [0.4, 0.5) is 5.69 Å². The lowest BCUT2D eigenvalue weighted by atomic mass is 10.3. The molecule has 0 radical (unpaired) electrons. The maximum Gasteiger partial charge on any atom is 0.265 e. The SMILES string of the molecule is CCOc1ccc(NS(=O)(=O)c2ccccc2OC)cc1S(=O)(=O)N(C)C. The second kappa shape index (κ2) is 8.15. The number of para-hydroxylation sites is 1. The van der Waals surface area contributed by atoms with Crippen molar-refractivity contribution < 1.29 is 26.3 Å². The van der Waals surface area contributed by atoms with E-state index >= 15 is 0 Å². The molecule has 0 unspecified atom stereocenters. The standard InChI is InChI=1S/C17H22N2O6S2/c1-5-25-15-11-10-13(12-17(15)27(22,23)19(2)3)18-26(20,21)16-9-7-6-8-14(16)24-4/h6-12,18H,5H2,1-4H3. The lowest BCUT2D eigenvalue weighted by Crippen LogP contribution is -2.23. The van der Waals surface area contributed by atoms with Gasteiger partial charge < -0.3 is 9.47 Å². The van der Waals surface area contributed by atoms with E-state index in [2.05, 4.69) is 4.72 Å². The first-order valence-electron chi connectivity index (χ1n) is 7.98. The predicted octanol–water partition coefficient (Wildman–Crippen LogP) is 2.15. The van der Waals surface area contributed by atoms with Gasteiger partial charge in [0.1, 0.15) is 21.3 Å². The molecule has 0 aliphatic carbocycles. The van der Waals surface area contributed by atoms with Gasteiger partial charge in [-0.25, -0.2) is 21.1 Å². The molecule has 0 saturated carbocycles. The fourth-order valence-corrected chi connectivity index (χ4v) is 4.57. The molecule has 148 valence electrons. The molecule has 0 heterocycles. The number of ether oxygens (including phenoxy) is 2. The van der Waals surface area contributed by atoms with Gasteiger partial charge in [0.15, 0.2) is 0 Å². The highest BCUT2D eigenvalue weighted by atomic mass is 32.2. The molecule has 0 aliphatic rings. The zero-order valence-electron chi connectivity index (χ0n) is 15.5. The number of methoxy groups -OCH3 is 1. The van der Waals surface area contributed by atoms with E-state index in [1.54, 1.807) is 19.1 Å². The number of hydrogen-bond acceptors (Lipinski definition) is 6. The average Bonchev–Trinajstić information content (AvgIpc) is 2.62. The lowest BCUT2D eigenvalue weighted by molar-refractivity contribution is 0.330. The van der Waals surface area contributed by atoms with Crippen LogP contribution in [0.3, 0.4) is 0 Å². The zero-order valence-corrected chi connectivity index (χ0v) is 17.1. The van der Waals surface area contributed by atoms with Crippen molar-refractivity contribution in [2.45, 2.75) is 16.7 Å². The van der Waals surface area contributed by atoms with E-state index in [1.807, 2.05) is 0 Å². The number of nitrogens with one attached hydrogen (secondary N) is 1. The average molecular weight is 415 g/mol. The monoisotopic (exact) mass is 414 g/mol. The van der Waals surface area contributed by atoms with Crippen LogP contribution in [-0.4, -0.2) is 49.0 Å². The summed E-state index contributed by atoms with van der Waals surface area (Å²) in [7, 11) is -3.69. The number of benzene rings is 2. The minimum atomic E-state index is -3.99. The number of anilines is 1. The first-order valence-corrected chi connectivity index (χ1v) is 10.9. The third kappa shape index (κ3) is 4.52. The Bertz CT molecular complexity index is 1020. The summed E-state index contributed by atoms with van der Waals surface area (Å²) in [6.07, 6.45) is 0. The van der Waals surface area contributed by atoms with E-state index in [0.29, 0.717) is 0 Å². The summed E-state index contributed by atoms with van der Waals surface area (Å²) in [5, 5.41) is 0. The van der Waals surface area contributed by atoms with Gasteiger partial charge in [-0.2, -0.15) is 0 Å². The van der Waals surface area contributed by atoms with Gasteiger partial charge in [-0.15, -0.1) is 0 Å². The number of hydrogen-bond donors (Lipinski definition) is 1. The van der Waals surface area contributed by atoms with E-state index in [4.69, 9.17) is 9.47 Å². The summed E-state index contributed by atoms with van der Waals surface area (Å²) >= 11 is 0. The van der Waals surface area contributed by atoms with Crippen molar-refractivity contribution in [1.82, 2.24) is 4.31 Å². The van der Waals surface area contributed by atoms with Crippen molar-refractivity contribution >= 4 is 25.7 Å². The molecule has 1 N–H and O–H groups in total. The van der Waals surface area contributed by atoms with E-state index in [-0.39, 0.29) is 33.6 Å². The van der Waals surface area contributed by atoms with Crippen LogP contribution in [0, 0.1) is 0 Å². The Morgan fingerprint density at radius 1 is 0.963 bits per heavy atom. The van der Waals surface area contributed by atoms with Gasteiger partial charge >= 0.3 is 0 Å². The first kappa shape index (κ1) is 21.0. The quantitative estimate of drug-likeness (QED) is 0.710. The van der Waals surface area contributed by atoms with Crippen LogP contribution in [0.1, 0.15) is 6.92 Å². The molecule has 0 saturated heterocycles. The molecule has 0 bridgehead atoms. The van der Waals surface area contributed by atoms with Gasteiger partial charge in [-0.1, -0.05) is 12.1 Å². The topological polar surface area (TPSA) is 102 Å². The summed E-state index contributed by atoms with van der Waals surface area (Å²) in [4.78, 5) is -0.187. The van der Waals surface area contributed by atoms with E-state index in [1.165, 1.54) is 51.5 Å². The van der Waals surface area contributed by atoms with Crippen LogP contribution in [0.15, 0.2) is 52.3 Å². The molecule has 0 aliphatic heterocycles. The van der Waals surface area contributed by atoms with Gasteiger partial charge in [-0.05, 0) is 37.3 Å². The summed E-state index contributed by atoms with van der Waals surface area (Å²) in [5.74, 6) is 0.323. The highest BCUT2D eigenvalue weighted by Gasteiger charge is 2.25. The number of nitrogens with zero attached hydrogens (tertiary/aromatic N) is 1. The van der Waals surface area contributed by atoms with Gasteiger partial charge in [0, 0.05) is 14.1 Å². The molecule has 27 heavy (non-hydrogen) atoms. The van der Waals surface area contributed by atoms with Gasteiger partial charge in [-0.3, -0.25) is 4.72 Å². The Morgan fingerprint density at radius 3 is 2.22 bits per heavy atom. The molecule has 2 aromatic rings. The first-order chi connectivity index (χ1) is 12.6. The van der Waals surface area contributed by atoms with E-state index in [9.17, 15) is 16.8 Å². The number of rotatable bonds is 8. The van der Waals surface area contributed by atoms with Crippen molar-refractivity contribution in [1.29, 1.82) is 0 Å².